The first-order valence-electron chi connectivity index (χ1n) is 10.1. The fourth-order valence-electron chi connectivity index (χ4n) is 4.17. The van der Waals surface area contributed by atoms with Crippen molar-refractivity contribution in [1.82, 2.24) is 5.32 Å². The van der Waals surface area contributed by atoms with Crippen molar-refractivity contribution in [2.45, 2.75) is 83.5 Å². The van der Waals surface area contributed by atoms with Crippen molar-refractivity contribution in [3.63, 3.8) is 0 Å². The Bertz CT molecular complexity index is 608. The molecule has 0 unspecified atom stereocenters. The van der Waals surface area contributed by atoms with Crippen LogP contribution >= 0.6 is 0 Å². The molecule has 2 fully saturated rings. The molecule has 1 amide bonds. The zero-order valence-electron chi connectivity index (χ0n) is 16.3. The van der Waals surface area contributed by atoms with Crippen molar-refractivity contribution in [3.05, 3.63) is 29.8 Å². The Balaban J connectivity index is 1.39. The molecule has 1 aromatic carbocycles. The molecule has 4 nitrogen and oxygen atoms in total. The zero-order chi connectivity index (χ0) is 18.7. The maximum Gasteiger partial charge on any atom is 0.223 e. The minimum absolute atomic E-state index is 0.0846. The van der Waals surface area contributed by atoms with E-state index in [0.717, 1.165) is 50.7 Å². The van der Waals surface area contributed by atoms with E-state index in [0.29, 0.717) is 5.92 Å². The van der Waals surface area contributed by atoms with Crippen molar-refractivity contribution in [1.29, 1.82) is 0 Å². The van der Waals surface area contributed by atoms with E-state index in [4.69, 9.17) is 4.74 Å². The highest BCUT2D eigenvalue weighted by atomic mass is 16.5. The van der Waals surface area contributed by atoms with Gasteiger partial charge in [0.1, 0.15) is 11.9 Å². The fourth-order valence-corrected chi connectivity index (χ4v) is 4.17. The number of rotatable bonds is 6. The standard InChI is InChI=1S/C22H33NO3/c1-4-15-6-5-7-19(12-15)26-20-13-16(14-20)21(24)23-18-10-8-17(9-11-18)22(2,3)25/h5-7,12,16-18,20,25H,4,8-11,13-14H2,1-3H3,(H,23,24)/t16-,17-,18-,20-. The van der Waals surface area contributed by atoms with Crippen LogP contribution in [0.25, 0.3) is 0 Å². The quantitative estimate of drug-likeness (QED) is 0.811. The molecule has 1 aromatic rings. The zero-order valence-corrected chi connectivity index (χ0v) is 16.3. The van der Waals surface area contributed by atoms with Gasteiger partial charge in [0.05, 0.1) is 5.60 Å². The van der Waals surface area contributed by atoms with Crippen LogP contribution in [0.4, 0.5) is 0 Å². The van der Waals surface area contributed by atoms with E-state index in [1.54, 1.807) is 0 Å². The van der Waals surface area contributed by atoms with Gasteiger partial charge in [-0.1, -0.05) is 19.1 Å². The molecule has 0 bridgehead atoms. The van der Waals surface area contributed by atoms with Crippen LogP contribution in [0, 0.1) is 11.8 Å². The predicted molar refractivity (Wildman–Crippen MR) is 103 cm³/mol. The molecule has 2 aliphatic carbocycles. The molecule has 0 radical (unpaired) electrons. The summed E-state index contributed by atoms with van der Waals surface area (Å²) in [6.45, 7) is 5.92. The summed E-state index contributed by atoms with van der Waals surface area (Å²) < 4.78 is 6.01. The Hall–Kier alpha value is -1.55. The molecule has 144 valence electrons. The van der Waals surface area contributed by atoms with Crippen molar-refractivity contribution >= 4 is 5.91 Å². The maximum atomic E-state index is 12.5. The summed E-state index contributed by atoms with van der Waals surface area (Å²) in [7, 11) is 0. The van der Waals surface area contributed by atoms with E-state index < -0.39 is 5.60 Å². The highest BCUT2D eigenvalue weighted by Gasteiger charge is 2.38. The highest BCUT2D eigenvalue weighted by Crippen LogP contribution is 2.34. The van der Waals surface area contributed by atoms with Gasteiger partial charge in [0.2, 0.25) is 5.91 Å². The Morgan fingerprint density at radius 2 is 1.92 bits per heavy atom. The second-order valence-corrected chi connectivity index (χ2v) is 8.62. The Kier molecular flexibility index (Phi) is 5.91. The monoisotopic (exact) mass is 359 g/mol. The molecule has 4 heteroatoms. The van der Waals surface area contributed by atoms with Crippen LogP contribution in [0.15, 0.2) is 24.3 Å². The van der Waals surface area contributed by atoms with Crippen molar-refractivity contribution < 1.29 is 14.6 Å². The molecular weight excluding hydrogens is 326 g/mol. The van der Waals surface area contributed by atoms with Gasteiger partial charge in [0, 0.05) is 12.0 Å². The van der Waals surface area contributed by atoms with E-state index in [2.05, 4.69) is 24.4 Å². The third kappa shape index (κ3) is 4.79. The van der Waals surface area contributed by atoms with Gasteiger partial charge in [-0.25, -0.2) is 0 Å². The molecule has 3 rings (SSSR count). The lowest BCUT2D eigenvalue weighted by Gasteiger charge is -2.38. The number of hydrogen-bond donors (Lipinski definition) is 2. The molecular formula is C22H33NO3. The van der Waals surface area contributed by atoms with Gasteiger partial charge in [-0.15, -0.1) is 0 Å². The molecule has 2 saturated carbocycles. The van der Waals surface area contributed by atoms with Crippen molar-refractivity contribution in [2.75, 3.05) is 0 Å². The Morgan fingerprint density at radius 3 is 2.54 bits per heavy atom. The number of carbonyl (C=O) groups is 1. The van der Waals surface area contributed by atoms with E-state index in [1.165, 1.54) is 5.56 Å². The van der Waals surface area contributed by atoms with E-state index in [9.17, 15) is 9.90 Å². The second-order valence-electron chi connectivity index (χ2n) is 8.62. The van der Waals surface area contributed by atoms with Crippen LogP contribution in [0.3, 0.4) is 0 Å². The number of carbonyl (C=O) groups excluding carboxylic acids is 1. The minimum Gasteiger partial charge on any atom is -0.490 e. The van der Waals surface area contributed by atoms with Crippen LogP contribution in [0.1, 0.15) is 64.9 Å². The number of hydrogen-bond acceptors (Lipinski definition) is 3. The molecule has 26 heavy (non-hydrogen) atoms. The van der Waals surface area contributed by atoms with E-state index >= 15 is 0 Å². The van der Waals surface area contributed by atoms with Gasteiger partial charge in [-0.2, -0.15) is 0 Å². The van der Waals surface area contributed by atoms with Gasteiger partial charge in [-0.3, -0.25) is 4.79 Å². The largest absolute Gasteiger partial charge is 0.490 e. The molecule has 0 saturated heterocycles. The minimum atomic E-state index is -0.609. The highest BCUT2D eigenvalue weighted by molar-refractivity contribution is 5.80. The van der Waals surface area contributed by atoms with E-state index in [1.807, 2.05) is 26.0 Å². The average Bonchev–Trinajstić information content (AvgIpc) is 2.57. The van der Waals surface area contributed by atoms with Crippen molar-refractivity contribution in [2.24, 2.45) is 11.8 Å². The van der Waals surface area contributed by atoms with Gasteiger partial charge in [0.25, 0.3) is 0 Å². The molecule has 0 spiro atoms. The summed E-state index contributed by atoms with van der Waals surface area (Å²) in [4.78, 5) is 12.5. The molecule has 2 aliphatic rings. The van der Waals surface area contributed by atoms with E-state index in [-0.39, 0.29) is 24.0 Å². The van der Waals surface area contributed by atoms with Gasteiger partial charge in [0.15, 0.2) is 0 Å². The summed E-state index contributed by atoms with van der Waals surface area (Å²) in [5.41, 5.74) is 0.667. The van der Waals surface area contributed by atoms with Gasteiger partial charge < -0.3 is 15.2 Å². The predicted octanol–water partition coefficient (Wildman–Crippen LogP) is 3.85. The lowest BCUT2D eigenvalue weighted by atomic mass is 9.76. The SMILES string of the molecule is CCc1cccc(O[C@H]2C[C@H](C(=O)N[C@H]3CC[C@H](C(C)(C)O)CC3)C2)c1. The maximum absolute atomic E-state index is 12.5. The first-order valence-corrected chi connectivity index (χ1v) is 10.1. The smallest absolute Gasteiger partial charge is 0.223 e. The summed E-state index contributed by atoms with van der Waals surface area (Å²) >= 11 is 0. The number of aryl methyl sites for hydroxylation is 1. The van der Waals surface area contributed by atoms with Gasteiger partial charge >= 0.3 is 0 Å². The third-order valence-electron chi connectivity index (χ3n) is 6.15. The second kappa shape index (κ2) is 7.99. The van der Waals surface area contributed by atoms with Crippen LogP contribution in [0.5, 0.6) is 5.75 Å². The molecule has 2 N–H and O–H groups in total. The molecule has 0 heterocycles. The van der Waals surface area contributed by atoms with Crippen molar-refractivity contribution in [3.8, 4) is 5.75 Å². The fraction of sp³-hybridized carbons (Fsp3) is 0.682. The number of nitrogens with one attached hydrogen (secondary N) is 1. The third-order valence-corrected chi connectivity index (χ3v) is 6.15. The lowest BCUT2D eigenvalue weighted by molar-refractivity contribution is -0.131. The first kappa shape index (κ1) is 19.2. The molecule has 0 aliphatic heterocycles. The average molecular weight is 360 g/mol. The normalized spacial score (nSPS) is 28.9. The summed E-state index contributed by atoms with van der Waals surface area (Å²) in [5.74, 6) is 1.52. The van der Waals surface area contributed by atoms with Crippen LogP contribution in [-0.4, -0.2) is 28.8 Å². The number of amides is 1. The first-order chi connectivity index (χ1) is 12.3. The summed E-state index contributed by atoms with van der Waals surface area (Å²) in [6.07, 6.45) is 6.68. The Labute approximate surface area is 157 Å². The van der Waals surface area contributed by atoms with Crippen LogP contribution in [0.2, 0.25) is 0 Å². The number of ether oxygens (including phenoxy) is 1. The summed E-state index contributed by atoms with van der Waals surface area (Å²) in [5, 5.41) is 13.3. The van der Waals surface area contributed by atoms with Crippen LogP contribution < -0.4 is 10.1 Å². The molecule has 0 aromatic heterocycles. The number of benzene rings is 1. The lowest BCUT2D eigenvalue weighted by Crippen LogP contribution is -2.48. The number of aliphatic hydroxyl groups is 1. The summed E-state index contributed by atoms with van der Waals surface area (Å²) in [6, 6.07) is 8.49. The Morgan fingerprint density at radius 1 is 1.23 bits per heavy atom. The molecule has 0 atom stereocenters. The van der Waals surface area contributed by atoms with Gasteiger partial charge in [-0.05, 0) is 82.4 Å². The van der Waals surface area contributed by atoms with Crippen LogP contribution in [-0.2, 0) is 11.2 Å². The topological polar surface area (TPSA) is 58.6 Å².